The van der Waals surface area contributed by atoms with Crippen LogP contribution in [0.5, 0.6) is 0 Å². The molecule has 5 heteroatoms. The van der Waals surface area contributed by atoms with E-state index in [1.165, 1.54) is 12.0 Å². The van der Waals surface area contributed by atoms with E-state index in [0.717, 1.165) is 41.9 Å². The molecule has 0 saturated carbocycles. The molecule has 0 fully saturated rings. The monoisotopic (exact) mass is 308 g/mol. The van der Waals surface area contributed by atoms with E-state index >= 15 is 0 Å². The molecule has 0 saturated heterocycles. The van der Waals surface area contributed by atoms with Gasteiger partial charge in [0.05, 0.1) is 11.3 Å². The Bertz CT molecular complexity index is 903. The van der Waals surface area contributed by atoms with Crippen LogP contribution in [0, 0.1) is 6.92 Å². The van der Waals surface area contributed by atoms with Gasteiger partial charge in [0.2, 0.25) is 0 Å². The average molecular weight is 308 g/mol. The zero-order valence-electron chi connectivity index (χ0n) is 13.5. The number of hydrogen-bond donors (Lipinski definition) is 1. The minimum atomic E-state index is -0.0792. The highest BCUT2D eigenvalue weighted by atomic mass is 16.1. The van der Waals surface area contributed by atoms with Crippen molar-refractivity contribution in [3.63, 3.8) is 0 Å². The molecule has 0 unspecified atom stereocenters. The fourth-order valence-electron chi connectivity index (χ4n) is 3.43. The molecule has 1 aliphatic rings. The lowest BCUT2D eigenvalue weighted by atomic mass is 9.97. The molecule has 1 N–H and O–H groups in total. The van der Waals surface area contributed by atoms with Crippen LogP contribution < -0.4 is 5.32 Å². The molecule has 0 bridgehead atoms. The standard InChI is InChI=1S/C18H20N4O/c1-12-6-5-9-22-11-13(10-16(12)22)18(23)19-17-14-7-3-4-8-15(14)20-21(17)2/h5-6,9-11H,3-4,7-8H2,1-2H3,(H,19,23). The second-order valence-corrected chi connectivity index (χ2v) is 6.27. The second kappa shape index (κ2) is 5.26. The van der Waals surface area contributed by atoms with Gasteiger partial charge in [-0.1, -0.05) is 6.07 Å². The summed E-state index contributed by atoms with van der Waals surface area (Å²) in [7, 11) is 1.90. The first-order valence-electron chi connectivity index (χ1n) is 8.07. The van der Waals surface area contributed by atoms with Crippen molar-refractivity contribution in [3.05, 3.63) is 53.0 Å². The lowest BCUT2D eigenvalue weighted by Gasteiger charge is -2.11. The summed E-state index contributed by atoms with van der Waals surface area (Å²) in [5, 5.41) is 7.61. The Balaban J connectivity index is 1.67. The van der Waals surface area contributed by atoms with Crippen LogP contribution in [0.2, 0.25) is 0 Å². The summed E-state index contributed by atoms with van der Waals surface area (Å²) in [6, 6.07) is 5.98. The molecule has 0 aromatic carbocycles. The van der Waals surface area contributed by atoms with Crippen LogP contribution in [-0.4, -0.2) is 20.1 Å². The number of nitrogens with one attached hydrogen (secondary N) is 1. The number of aryl methyl sites for hydroxylation is 3. The summed E-state index contributed by atoms with van der Waals surface area (Å²) in [5.74, 6) is 0.765. The van der Waals surface area contributed by atoms with Crippen LogP contribution >= 0.6 is 0 Å². The fourth-order valence-corrected chi connectivity index (χ4v) is 3.43. The van der Waals surface area contributed by atoms with Gasteiger partial charge >= 0.3 is 0 Å². The lowest BCUT2D eigenvalue weighted by molar-refractivity contribution is 0.102. The molecule has 4 rings (SSSR count). The molecular formula is C18H20N4O. The van der Waals surface area contributed by atoms with Crippen LogP contribution in [0.25, 0.3) is 5.52 Å². The van der Waals surface area contributed by atoms with Crippen molar-refractivity contribution < 1.29 is 4.79 Å². The summed E-state index contributed by atoms with van der Waals surface area (Å²) < 4.78 is 3.79. The molecule has 3 aromatic rings. The Morgan fingerprint density at radius 2 is 2.13 bits per heavy atom. The maximum atomic E-state index is 12.7. The van der Waals surface area contributed by atoms with Gasteiger partial charge in [-0.15, -0.1) is 0 Å². The van der Waals surface area contributed by atoms with Gasteiger partial charge < -0.3 is 9.72 Å². The summed E-state index contributed by atoms with van der Waals surface area (Å²) in [6.45, 7) is 2.05. The number of amides is 1. The topological polar surface area (TPSA) is 51.3 Å². The number of carbonyl (C=O) groups is 1. The third-order valence-electron chi connectivity index (χ3n) is 4.66. The molecule has 0 spiro atoms. The van der Waals surface area contributed by atoms with Gasteiger partial charge in [-0.2, -0.15) is 5.10 Å². The Morgan fingerprint density at radius 3 is 2.96 bits per heavy atom. The number of hydrogen-bond acceptors (Lipinski definition) is 2. The number of pyridine rings is 1. The van der Waals surface area contributed by atoms with Crippen molar-refractivity contribution in [2.45, 2.75) is 32.6 Å². The predicted octanol–water partition coefficient (Wildman–Crippen LogP) is 3.11. The van der Waals surface area contributed by atoms with Crippen molar-refractivity contribution in [2.24, 2.45) is 7.05 Å². The van der Waals surface area contributed by atoms with Crippen LogP contribution in [-0.2, 0) is 19.9 Å². The van der Waals surface area contributed by atoms with Gasteiger partial charge in [-0.25, -0.2) is 0 Å². The van der Waals surface area contributed by atoms with Crippen molar-refractivity contribution in [1.82, 2.24) is 14.2 Å². The third-order valence-corrected chi connectivity index (χ3v) is 4.66. The van der Waals surface area contributed by atoms with E-state index < -0.39 is 0 Å². The Labute approximate surface area is 134 Å². The van der Waals surface area contributed by atoms with Gasteiger partial charge in [0, 0.05) is 30.5 Å². The average Bonchev–Trinajstić information content (AvgIpc) is 3.10. The van der Waals surface area contributed by atoms with Crippen molar-refractivity contribution in [1.29, 1.82) is 0 Å². The molecule has 118 valence electrons. The summed E-state index contributed by atoms with van der Waals surface area (Å²) in [4.78, 5) is 12.7. The van der Waals surface area contributed by atoms with Gasteiger partial charge in [0.1, 0.15) is 5.82 Å². The predicted molar refractivity (Wildman–Crippen MR) is 89.9 cm³/mol. The van der Waals surface area contributed by atoms with E-state index in [9.17, 15) is 4.79 Å². The third kappa shape index (κ3) is 2.32. The van der Waals surface area contributed by atoms with E-state index in [1.54, 1.807) is 4.68 Å². The summed E-state index contributed by atoms with van der Waals surface area (Å²) in [5.41, 5.74) is 5.22. The molecule has 3 aromatic heterocycles. The fraction of sp³-hybridized carbons (Fsp3) is 0.333. The highest BCUT2D eigenvalue weighted by Crippen LogP contribution is 2.27. The highest BCUT2D eigenvalue weighted by molar-refractivity contribution is 6.05. The van der Waals surface area contributed by atoms with Crippen LogP contribution in [0.4, 0.5) is 5.82 Å². The molecule has 0 atom stereocenters. The quantitative estimate of drug-likeness (QED) is 0.791. The number of aromatic nitrogens is 3. The van der Waals surface area contributed by atoms with E-state index in [4.69, 9.17) is 0 Å². The van der Waals surface area contributed by atoms with Crippen LogP contribution in [0.3, 0.4) is 0 Å². The first-order valence-corrected chi connectivity index (χ1v) is 8.07. The zero-order valence-corrected chi connectivity index (χ0v) is 13.5. The second-order valence-electron chi connectivity index (χ2n) is 6.27. The van der Waals surface area contributed by atoms with Gasteiger partial charge in [-0.05, 0) is 50.3 Å². The van der Waals surface area contributed by atoms with E-state index in [0.29, 0.717) is 5.56 Å². The minimum absolute atomic E-state index is 0.0792. The molecule has 3 heterocycles. The number of carbonyl (C=O) groups excluding carboxylic acids is 1. The maximum Gasteiger partial charge on any atom is 0.258 e. The zero-order chi connectivity index (χ0) is 16.0. The van der Waals surface area contributed by atoms with Crippen molar-refractivity contribution in [3.8, 4) is 0 Å². The van der Waals surface area contributed by atoms with Crippen molar-refractivity contribution in [2.75, 3.05) is 5.32 Å². The largest absolute Gasteiger partial charge is 0.323 e. The molecule has 1 amide bonds. The highest BCUT2D eigenvalue weighted by Gasteiger charge is 2.21. The molecule has 0 aliphatic heterocycles. The van der Waals surface area contributed by atoms with Gasteiger partial charge in [-0.3, -0.25) is 9.48 Å². The molecule has 0 radical (unpaired) electrons. The Kier molecular flexibility index (Phi) is 3.22. The van der Waals surface area contributed by atoms with Crippen molar-refractivity contribution >= 4 is 17.2 Å². The smallest absolute Gasteiger partial charge is 0.258 e. The van der Waals surface area contributed by atoms with Crippen LogP contribution in [0.1, 0.15) is 40.0 Å². The lowest BCUT2D eigenvalue weighted by Crippen LogP contribution is -2.15. The molecule has 5 nitrogen and oxygen atoms in total. The Morgan fingerprint density at radius 1 is 1.30 bits per heavy atom. The molecular weight excluding hydrogens is 288 g/mol. The van der Waals surface area contributed by atoms with E-state index in [2.05, 4.69) is 23.4 Å². The number of nitrogens with zero attached hydrogens (tertiary/aromatic N) is 3. The Hall–Kier alpha value is -2.56. The first kappa shape index (κ1) is 14.1. The molecule has 1 aliphatic carbocycles. The number of anilines is 1. The van der Waals surface area contributed by atoms with Crippen LogP contribution in [0.15, 0.2) is 30.6 Å². The normalized spacial score (nSPS) is 14.0. The summed E-state index contributed by atoms with van der Waals surface area (Å²) in [6.07, 6.45) is 8.19. The van der Waals surface area contributed by atoms with Gasteiger partial charge in [0.25, 0.3) is 5.91 Å². The number of rotatable bonds is 2. The SMILES string of the molecule is Cc1cccn2cc(C(=O)Nc3c4c(nn3C)CCCC4)cc12. The molecule has 23 heavy (non-hydrogen) atoms. The first-order chi connectivity index (χ1) is 11.1. The minimum Gasteiger partial charge on any atom is -0.323 e. The van der Waals surface area contributed by atoms with E-state index in [-0.39, 0.29) is 5.91 Å². The number of fused-ring (bicyclic) bond motifs is 2. The van der Waals surface area contributed by atoms with Gasteiger partial charge in [0.15, 0.2) is 0 Å². The van der Waals surface area contributed by atoms with E-state index in [1.807, 2.05) is 36.0 Å². The maximum absolute atomic E-state index is 12.7. The summed E-state index contributed by atoms with van der Waals surface area (Å²) >= 11 is 0.